The van der Waals surface area contributed by atoms with Gasteiger partial charge in [0.15, 0.2) is 0 Å². The average Bonchev–Trinajstić information content (AvgIpc) is 2.46. The lowest BCUT2D eigenvalue weighted by Crippen LogP contribution is -2.32. The van der Waals surface area contributed by atoms with Gasteiger partial charge in [-0.15, -0.1) is 11.8 Å². The summed E-state index contributed by atoms with van der Waals surface area (Å²) in [5.74, 6) is -0.970. The number of aliphatic carboxylic acids is 1. The maximum Gasteiger partial charge on any atom is 0.320 e. The molecule has 0 bridgehead atoms. The van der Waals surface area contributed by atoms with Gasteiger partial charge < -0.3 is 15.9 Å². The zero-order valence-electron chi connectivity index (χ0n) is 12.2. The van der Waals surface area contributed by atoms with Gasteiger partial charge in [-0.3, -0.25) is 4.79 Å². The molecular weight excluding hydrogens is 655 g/mol. The number of alkyl halides is 1. The summed E-state index contributed by atoms with van der Waals surface area (Å²) >= 11 is 8.86. The van der Waals surface area contributed by atoms with Gasteiger partial charge in [0.2, 0.25) is 0 Å². The second-order valence-electron chi connectivity index (χ2n) is 5.67. The molecule has 1 aliphatic carbocycles. The fraction of sp³-hybridized carbons (Fsp3) is 0.533. The van der Waals surface area contributed by atoms with Crippen molar-refractivity contribution in [3.8, 4) is 0 Å². The number of hydrogen-bond donors (Lipinski definition) is 3. The van der Waals surface area contributed by atoms with E-state index in [0.717, 1.165) is 32.0 Å². The van der Waals surface area contributed by atoms with E-state index < -0.39 is 12.0 Å². The number of carboxylic acids is 1. The monoisotopic (exact) mass is 673 g/mol. The molecule has 128 valence electrons. The maximum atomic E-state index is 10.9. The van der Waals surface area contributed by atoms with E-state index >= 15 is 0 Å². The van der Waals surface area contributed by atoms with Crippen LogP contribution in [0.3, 0.4) is 0 Å². The summed E-state index contributed by atoms with van der Waals surface area (Å²) in [6.45, 7) is 0. The molecular formula is C15H18I3NO3S. The van der Waals surface area contributed by atoms with Crippen LogP contribution in [0.1, 0.15) is 24.8 Å². The fourth-order valence-corrected chi connectivity index (χ4v) is 7.73. The Bertz CT molecular complexity index is 564. The van der Waals surface area contributed by atoms with Crippen molar-refractivity contribution in [2.24, 2.45) is 5.73 Å². The molecule has 23 heavy (non-hydrogen) atoms. The molecule has 1 aromatic carbocycles. The van der Waals surface area contributed by atoms with Gasteiger partial charge in [-0.25, -0.2) is 0 Å². The van der Waals surface area contributed by atoms with E-state index in [1.807, 2.05) is 23.9 Å². The quantitative estimate of drug-likeness (QED) is 0.329. The van der Waals surface area contributed by atoms with Gasteiger partial charge in [0, 0.05) is 21.2 Å². The molecule has 0 spiro atoms. The number of nitrogens with two attached hydrogens (primary N) is 1. The number of aliphatic hydroxyl groups excluding tert-OH is 1. The van der Waals surface area contributed by atoms with Crippen LogP contribution < -0.4 is 5.73 Å². The Balaban J connectivity index is 2.10. The van der Waals surface area contributed by atoms with Crippen LogP contribution in [0, 0.1) is 7.14 Å². The molecule has 4 N–H and O–H groups in total. The Labute approximate surface area is 181 Å². The number of benzene rings is 1. The first kappa shape index (κ1) is 20.5. The summed E-state index contributed by atoms with van der Waals surface area (Å²) in [5.41, 5.74) is 6.59. The van der Waals surface area contributed by atoms with E-state index in [1.165, 1.54) is 4.90 Å². The van der Waals surface area contributed by atoms with Crippen molar-refractivity contribution in [3.05, 3.63) is 24.8 Å². The molecule has 1 aliphatic rings. The molecule has 8 heteroatoms. The zero-order valence-corrected chi connectivity index (χ0v) is 19.5. The van der Waals surface area contributed by atoms with Crippen molar-refractivity contribution in [1.82, 2.24) is 0 Å². The van der Waals surface area contributed by atoms with E-state index in [2.05, 4.69) is 67.8 Å². The summed E-state index contributed by atoms with van der Waals surface area (Å²) in [5, 5.41) is 19.3. The van der Waals surface area contributed by atoms with Crippen LogP contribution in [-0.4, -0.2) is 37.5 Å². The molecule has 2 rings (SSSR count). The Morgan fingerprint density at radius 1 is 1.35 bits per heavy atom. The highest BCUT2D eigenvalue weighted by Crippen LogP contribution is 2.40. The third-order valence-corrected chi connectivity index (χ3v) is 9.01. The lowest BCUT2D eigenvalue weighted by atomic mass is 9.97. The number of thioether (sulfide) groups is 1. The molecule has 1 saturated carbocycles. The van der Waals surface area contributed by atoms with Crippen LogP contribution in [0.25, 0.3) is 0 Å². The summed E-state index contributed by atoms with van der Waals surface area (Å²) in [4.78, 5) is 12.2. The number of halogens is 3. The first-order valence-electron chi connectivity index (χ1n) is 7.23. The molecule has 0 heterocycles. The Kier molecular flexibility index (Phi) is 8.18. The molecule has 4 nitrogen and oxygen atoms in total. The number of carboxylic acid groups (broad SMARTS) is 1. The molecule has 0 amide bonds. The molecule has 0 aromatic heterocycles. The highest BCUT2D eigenvalue weighted by Gasteiger charge is 2.28. The molecule has 4 unspecified atom stereocenters. The summed E-state index contributed by atoms with van der Waals surface area (Å²) in [7, 11) is 0. The van der Waals surface area contributed by atoms with Crippen molar-refractivity contribution in [3.63, 3.8) is 0 Å². The van der Waals surface area contributed by atoms with Crippen LogP contribution in [0.15, 0.2) is 17.0 Å². The molecule has 0 radical (unpaired) electrons. The number of aliphatic hydroxyl groups is 1. The van der Waals surface area contributed by atoms with Crippen molar-refractivity contribution in [2.45, 2.75) is 51.9 Å². The average molecular weight is 673 g/mol. The summed E-state index contributed by atoms with van der Waals surface area (Å²) < 4.78 is 2.61. The third kappa shape index (κ3) is 5.83. The largest absolute Gasteiger partial charge is 0.480 e. The van der Waals surface area contributed by atoms with Gasteiger partial charge in [0.05, 0.1) is 6.10 Å². The van der Waals surface area contributed by atoms with Crippen LogP contribution >= 0.6 is 79.5 Å². The molecule has 1 aromatic rings. The van der Waals surface area contributed by atoms with E-state index in [9.17, 15) is 9.90 Å². The van der Waals surface area contributed by atoms with Gasteiger partial charge in [-0.05, 0) is 88.6 Å². The minimum absolute atomic E-state index is 0.175. The Morgan fingerprint density at radius 2 is 1.96 bits per heavy atom. The van der Waals surface area contributed by atoms with E-state index in [1.54, 1.807) is 0 Å². The second-order valence-corrected chi connectivity index (χ2v) is 10.9. The van der Waals surface area contributed by atoms with Crippen LogP contribution in [0.5, 0.6) is 0 Å². The number of hydrogen-bond acceptors (Lipinski definition) is 4. The first-order valence-corrected chi connectivity index (χ1v) is 11.5. The van der Waals surface area contributed by atoms with E-state index in [4.69, 9.17) is 10.8 Å². The highest BCUT2D eigenvalue weighted by molar-refractivity contribution is 14.1. The van der Waals surface area contributed by atoms with Gasteiger partial charge in [0.25, 0.3) is 0 Å². The lowest BCUT2D eigenvalue weighted by Gasteiger charge is -2.30. The van der Waals surface area contributed by atoms with Gasteiger partial charge in [-0.1, -0.05) is 22.6 Å². The zero-order chi connectivity index (χ0) is 17.1. The predicted octanol–water partition coefficient (Wildman–Crippen LogP) is 3.66. The lowest BCUT2D eigenvalue weighted by molar-refractivity contribution is -0.138. The van der Waals surface area contributed by atoms with E-state index in [-0.39, 0.29) is 6.10 Å². The maximum absolute atomic E-state index is 10.9. The number of carbonyl (C=O) groups is 1. The molecule has 1 fully saturated rings. The molecule has 4 atom stereocenters. The summed E-state index contributed by atoms with van der Waals surface area (Å²) in [6, 6.07) is 3.21. The van der Waals surface area contributed by atoms with Crippen LogP contribution in [0.2, 0.25) is 0 Å². The number of rotatable bonds is 5. The topological polar surface area (TPSA) is 83.5 Å². The van der Waals surface area contributed by atoms with Crippen molar-refractivity contribution in [1.29, 1.82) is 0 Å². The van der Waals surface area contributed by atoms with Gasteiger partial charge >= 0.3 is 5.97 Å². The van der Waals surface area contributed by atoms with E-state index in [0.29, 0.717) is 15.6 Å². The molecule has 0 aliphatic heterocycles. The SMILES string of the molecule is NC(Cc1cc(I)c(SC2CCC(O)C(I)C2)c(I)c1)C(=O)O. The van der Waals surface area contributed by atoms with Crippen molar-refractivity contribution < 1.29 is 15.0 Å². The normalized spacial score (nSPS) is 26.0. The third-order valence-electron chi connectivity index (χ3n) is 3.81. The van der Waals surface area contributed by atoms with Crippen molar-refractivity contribution >= 4 is 85.5 Å². The minimum atomic E-state index is -0.970. The molecule has 0 saturated heterocycles. The van der Waals surface area contributed by atoms with Gasteiger partial charge in [-0.2, -0.15) is 0 Å². The Morgan fingerprint density at radius 3 is 2.48 bits per heavy atom. The van der Waals surface area contributed by atoms with Crippen molar-refractivity contribution in [2.75, 3.05) is 0 Å². The smallest absolute Gasteiger partial charge is 0.320 e. The summed E-state index contributed by atoms with van der Waals surface area (Å²) in [6.07, 6.45) is 3.08. The van der Waals surface area contributed by atoms with Crippen LogP contribution in [-0.2, 0) is 11.2 Å². The minimum Gasteiger partial charge on any atom is -0.480 e. The first-order chi connectivity index (χ1) is 10.8. The highest BCUT2D eigenvalue weighted by atomic mass is 127. The van der Waals surface area contributed by atoms with Gasteiger partial charge in [0.1, 0.15) is 6.04 Å². The fourth-order valence-electron chi connectivity index (χ4n) is 2.52. The predicted molar refractivity (Wildman–Crippen MR) is 119 cm³/mol. The standard InChI is InChI=1S/C15H18I3NO3S/c16-9-6-8(1-2-13(9)20)23-14-10(17)3-7(4-11(14)18)5-12(19)15(21)22/h3-4,8-9,12-13,20H,1-2,5-6,19H2,(H,21,22). The van der Waals surface area contributed by atoms with Crippen LogP contribution in [0.4, 0.5) is 0 Å². The second kappa shape index (κ2) is 9.19. The Hall–Kier alpha value is 1.15.